The van der Waals surface area contributed by atoms with E-state index in [0.29, 0.717) is 11.8 Å². The molecule has 0 aromatic rings. The van der Waals surface area contributed by atoms with E-state index in [1.54, 1.807) is 0 Å². The lowest BCUT2D eigenvalue weighted by molar-refractivity contribution is -0.273. The third-order valence-corrected chi connectivity index (χ3v) is 11.1. The van der Waals surface area contributed by atoms with Crippen LogP contribution in [0.25, 0.3) is 0 Å². The monoisotopic (exact) mass is 406 g/mol. The molecule has 1 spiro atoms. The molecule has 0 radical (unpaired) electrons. The highest BCUT2D eigenvalue weighted by molar-refractivity contribution is 5.82. The van der Waals surface area contributed by atoms with E-state index < -0.39 is 11.7 Å². The van der Waals surface area contributed by atoms with Crippen molar-refractivity contribution in [3.63, 3.8) is 0 Å². The maximum atomic E-state index is 12.7. The van der Waals surface area contributed by atoms with Gasteiger partial charge in [0.05, 0.1) is 12.2 Å². The van der Waals surface area contributed by atoms with Gasteiger partial charge in [-0.15, -0.1) is 0 Å². The van der Waals surface area contributed by atoms with Crippen LogP contribution in [0.2, 0.25) is 0 Å². The Morgan fingerprint density at radius 3 is 2.41 bits per heavy atom. The zero-order valence-corrected chi connectivity index (χ0v) is 19.1. The molecule has 5 nitrogen and oxygen atoms in total. The van der Waals surface area contributed by atoms with Crippen LogP contribution in [0.4, 0.5) is 0 Å². The minimum absolute atomic E-state index is 0.00197. The molecule has 29 heavy (non-hydrogen) atoms. The number of aliphatic hydroxyl groups is 1. The molecule has 5 rings (SSSR count). The molecule has 3 saturated carbocycles. The molecule has 2 aliphatic heterocycles. The second-order valence-electron chi connectivity index (χ2n) is 12.0. The molecule has 4 unspecified atom stereocenters. The van der Waals surface area contributed by atoms with Crippen molar-refractivity contribution in [3.05, 3.63) is 0 Å². The van der Waals surface area contributed by atoms with Crippen molar-refractivity contribution in [1.29, 1.82) is 0 Å². The standard InChI is InChI=1S/C24H38O5/c1-13-22(5)11-8-14-21(4)10-9-16(25)20(2,3)15(21)12-17(27-7)23(14,6)24(22)18(29-24)19(26)28-13/h13-18,25H,8-12H2,1-7H3/t13-,14?,15?,16+,17+,18?,21+,22-,23-,24?/m0/s1. The predicted molar refractivity (Wildman–Crippen MR) is 108 cm³/mol. The van der Waals surface area contributed by atoms with Gasteiger partial charge < -0.3 is 19.3 Å². The second kappa shape index (κ2) is 5.58. The highest BCUT2D eigenvalue weighted by Crippen LogP contribution is 2.78. The zero-order valence-electron chi connectivity index (χ0n) is 19.1. The Labute approximate surface area is 174 Å². The molecule has 164 valence electrons. The third-order valence-electron chi connectivity index (χ3n) is 11.1. The number of epoxide rings is 1. The van der Waals surface area contributed by atoms with Crippen LogP contribution in [-0.4, -0.2) is 48.2 Å². The highest BCUT2D eigenvalue weighted by Gasteiger charge is 2.87. The number of ether oxygens (including phenoxy) is 3. The number of esters is 1. The van der Waals surface area contributed by atoms with Crippen molar-refractivity contribution in [2.75, 3.05) is 7.11 Å². The molecule has 0 aromatic heterocycles. The van der Waals surface area contributed by atoms with Crippen molar-refractivity contribution in [3.8, 4) is 0 Å². The van der Waals surface area contributed by atoms with Gasteiger partial charge in [0.1, 0.15) is 11.7 Å². The molecule has 0 bridgehead atoms. The topological polar surface area (TPSA) is 68.3 Å². The molecule has 2 saturated heterocycles. The zero-order chi connectivity index (χ0) is 21.2. The van der Waals surface area contributed by atoms with Crippen LogP contribution in [0.3, 0.4) is 0 Å². The van der Waals surface area contributed by atoms with Crippen LogP contribution in [0.1, 0.15) is 73.6 Å². The summed E-state index contributed by atoms with van der Waals surface area (Å²) in [5.41, 5.74) is -1.00. The first-order valence-electron chi connectivity index (χ1n) is 11.5. The average molecular weight is 407 g/mol. The number of aliphatic hydroxyl groups excluding tert-OH is 1. The summed E-state index contributed by atoms with van der Waals surface area (Å²) in [4.78, 5) is 12.7. The van der Waals surface area contributed by atoms with Crippen LogP contribution in [0.15, 0.2) is 0 Å². The van der Waals surface area contributed by atoms with Gasteiger partial charge in [0.15, 0.2) is 6.10 Å². The van der Waals surface area contributed by atoms with E-state index in [-0.39, 0.29) is 45.9 Å². The molecule has 0 aromatic carbocycles. The van der Waals surface area contributed by atoms with Gasteiger partial charge in [0.25, 0.3) is 0 Å². The molecule has 5 aliphatic rings. The number of hydrogen-bond donors (Lipinski definition) is 1. The summed E-state index contributed by atoms with van der Waals surface area (Å²) in [5.74, 6) is 0.577. The molecule has 5 heteroatoms. The van der Waals surface area contributed by atoms with E-state index in [2.05, 4.69) is 34.6 Å². The van der Waals surface area contributed by atoms with Gasteiger partial charge in [-0.3, -0.25) is 0 Å². The first kappa shape index (κ1) is 20.3. The van der Waals surface area contributed by atoms with E-state index in [4.69, 9.17) is 14.2 Å². The van der Waals surface area contributed by atoms with Gasteiger partial charge in [-0.25, -0.2) is 4.79 Å². The maximum Gasteiger partial charge on any atom is 0.338 e. The van der Waals surface area contributed by atoms with Crippen LogP contribution in [0, 0.1) is 33.5 Å². The van der Waals surface area contributed by atoms with E-state index in [0.717, 1.165) is 32.1 Å². The van der Waals surface area contributed by atoms with Crippen molar-refractivity contribution >= 4 is 5.97 Å². The van der Waals surface area contributed by atoms with Gasteiger partial charge in [-0.1, -0.05) is 34.6 Å². The van der Waals surface area contributed by atoms with Crippen LogP contribution >= 0.6 is 0 Å². The third kappa shape index (κ3) is 1.97. The summed E-state index contributed by atoms with van der Waals surface area (Å²) >= 11 is 0. The van der Waals surface area contributed by atoms with Crippen molar-refractivity contribution in [1.82, 2.24) is 0 Å². The number of hydrogen-bond acceptors (Lipinski definition) is 5. The fourth-order valence-corrected chi connectivity index (χ4v) is 9.23. The smallest absolute Gasteiger partial charge is 0.338 e. The Kier molecular flexibility index (Phi) is 3.90. The van der Waals surface area contributed by atoms with E-state index >= 15 is 0 Å². The molecule has 0 amide bonds. The first-order valence-corrected chi connectivity index (χ1v) is 11.5. The highest BCUT2D eigenvalue weighted by atomic mass is 16.7. The van der Waals surface area contributed by atoms with Crippen LogP contribution in [0.5, 0.6) is 0 Å². The number of methoxy groups -OCH3 is 1. The molecule has 3 aliphatic carbocycles. The molecule has 5 fully saturated rings. The second-order valence-corrected chi connectivity index (χ2v) is 12.0. The summed E-state index contributed by atoms with van der Waals surface area (Å²) in [7, 11) is 1.81. The summed E-state index contributed by atoms with van der Waals surface area (Å²) in [6.07, 6.45) is 3.97. The Balaban J connectivity index is 1.67. The fraction of sp³-hybridized carbons (Fsp3) is 0.958. The SMILES string of the molecule is CO[C@@H]1CC2C(C)(C)[C@H](O)CC[C@]2(C)C2CC[C@@]3(C)[C@H](C)OC(=O)C4OC43[C@@]21C. The van der Waals surface area contributed by atoms with Gasteiger partial charge in [-0.05, 0) is 61.7 Å². The van der Waals surface area contributed by atoms with Gasteiger partial charge in [0.2, 0.25) is 0 Å². The first-order chi connectivity index (χ1) is 13.4. The van der Waals surface area contributed by atoms with Crippen molar-refractivity contribution < 1.29 is 24.1 Å². The molecule has 1 N–H and O–H groups in total. The van der Waals surface area contributed by atoms with E-state index in [1.807, 2.05) is 14.0 Å². The number of cyclic esters (lactones) is 1. The minimum Gasteiger partial charge on any atom is -0.460 e. The largest absolute Gasteiger partial charge is 0.460 e. The average Bonchev–Trinajstić information content (AvgIpc) is 3.41. The van der Waals surface area contributed by atoms with E-state index in [1.165, 1.54) is 0 Å². The van der Waals surface area contributed by atoms with Crippen LogP contribution in [-0.2, 0) is 19.0 Å². The lowest BCUT2D eigenvalue weighted by atomic mass is 9.35. The number of fused-ring (bicyclic) bond motifs is 3. The maximum absolute atomic E-state index is 12.7. The van der Waals surface area contributed by atoms with Gasteiger partial charge in [0, 0.05) is 17.9 Å². The molecular formula is C24H38O5. The Morgan fingerprint density at radius 2 is 1.76 bits per heavy atom. The van der Waals surface area contributed by atoms with Crippen molar-refractivity contribution in [2.24, 2.45) is 33.5 Å². The Morgan fingerprint density at radius 1 is 1.07 bits per heavy atom. The summed E-state index contributed by atoms with van der Waals surface area (Å²) in [5, 5.41) is 10.8. The number of rotatable bonds is 1. The summed E-state index contributed by atoms with van der Waals surface area (Å²) in [6.45, 7) is 13.6. The Hall–Kier alpha value is -0.650. The van der Waals surface area contributed by atoms with Gasteiger partial charge >= 0.3 is 5.97 Å². The normalized spacial score (nSPS) is 60.2. The minimum atomic E-state index is -0.507. The van der Waals surface area contributed by atoms with E-state index in [9.17, 15) is 9.90 Å². The molecule has 10 atom stereocenters. The summed E-state index contributed by atoms with van der Waals surface area (Å²) < 4.78 is 18.4. The predicted octanol–water partition coefficient (Wildman–Crippen LogP) is 3.71. The van der Waals surface area contributed by atoms with Crippen molar-refractivity contribution in [2.45, 2.75) is 104 Å². The van der Waals surface area contributed by atoms with Gasteiger partial charge in [-0.2, -0.15) is 0 Å². The lowest BCUT2D eigenvalue weighted by Gasteiger charge is -2.70. The fourth-order valence-electron chi connectivity index (χ4n) is 9.23. The Bertz CT molecular complexity index is 750. The quantitative estimate of drug-likeness (QED) is 0.531. The lowest BCUT2D eigenvalue weighted by Crippen LogP contribution is -2.74. The molecular weight excluding hydrogens is 368 g/mol. The van der Waals surface area contributed by atoms with Crippen LogP contribution < -0.4 is 0 Å². The number of carbonyl (C=O) groups is 1. The number of carbonyl (C=O) groups excluding carboxylic acids is 1. The molecule has 2 heterocycles. The summed E-state index contributed by atoms with van der Waals surface area (Å²) in [6, 6.07) is 0.